The third-order valence-corrected chi connectivity index (χ3v) is 4.08. The lowest BCUT2D eigenvalue weighted by atomic mass is 10.1. The van der Waals surface area contributed by atoms with Crippen molar-refractivity contribution in [1.29, 1.82) is 0 Å². The first-order chi connectivity index (χ1) is 11.2. The SMILES string of the molecule is CC(C)[C@H](N)C(=O)NCC(=O)N(C)CC(=O)Nc1ccccc1Br.Cl. The highest BCUT2D eigenvalue weighted by molar-refractivity contribution is 9.10. The second kappa shape index (κ2) is 11.1. The number of benzene rings is 1. The first-order valence-corrected chi connectivity index (χ1v) is 8.33. The Morgan fingerprint density at radius 2 is 1.84 bits per heavy atom. The summed E-state index contributed by atoms with van der Waals surface area (Å²) in [4.78, 5) is 36.9. The van der Waals surface area contributed by atoms with Crippen LogP contribution in [0.1, 0.15) is 13.8 Å². The van der Waals surface area contributed by atoms with Crippen molar-refractivity contribution in [1.82, 2.24) is 10.2 Å². The predicted molar refractivity (Wildman–Crippen MR) is 103 cm³/mol. The van der Waals surface area contributed by atoms with E-state index in [4.69, 9.17) is 5.73 Å². The molecular weight excluding hydrogens is 412 g/mol. The molecule has 140 valence electrons. The number of nitrogens with two attached hydrogens (primary N) is 1. The zero-order valence-corrected chi connectivity index (χ0v) is 16.8. The average molecular weight is 436 g/mol. The van der Waals surface area contributed by atoms with Gasteiger partial charge in [0.15, 0.2) is 0 Å². The van der Waals surface area contributed by atoms with Gasteiger partial charge in [-0.3, -0.25) is 14.4 Å². The van der Waals surface area contributed by atoms with Crippen molar-refractivity contribution in [3.05, 3.63) is 28.7 Å². The van der Waals surface area contributed by atoms with E-state index in [0.29, 0.717) is 5.69 Å². The monoisotopic (exact) mass is 434 g/mol. The minimum absolute atomic E-state index is 0. The molecule has 0 aliphatic heterocycles. The minimum Gasteiger partial charge on any atom is -0.346 e. The number of anilines is 1. The molecule has 0 aromatic heterocycles. The summed E-state index contributed by atoms with van der Waals surface area (Å²) in [5, 5.41) is 5.19. The number of para-hydroxylation sites is 1. The first-order valence-electron chi connectivity index (χ1n) is 7.54. The largest absolute Gasteiger partial charge is 0.346 e. The van der Waals surface area contributed by atoms with Crippen LogP contribution in [-0.4, -0.2) is 48.8 Å². The van der Waals surface area contributed by atoms with Crippen LogP contribution in [0.4, 0.5) is 5.69 Å². The van der Waals surface area contributed by atoms with E-state index >= 15 is 0 Å². The highest BCUT2D eigenvalue weighted by Gasteiger charge is 2.19. The third kappa shape index (κ3) is 7.85. The van der Waals surface area contributed by atoms with Crippen LogP contribution < -0.4 is 16.4 Å². The maximum atomic E-state index is 12.0. The Kier molecular flexibility index (Phi) is 10.3. The standard InChI is InChI=1S/C16H23BrN4O3.ClH/c1-10(2)15(18)16(24)19-8-14(23)21(3)9-13(22)20-12-7-5-4-6-11(12)17;/h4-7,10,15H,8-9,18H2,1-3H3,(H,19,24)(H,20,22);1H/t15-;/m0./s1. The summed E-state index contributed by atoms with van der Waals surface area (Å²) >= 11 is 3.33. The highest BCUT2D eigenvalue weighted by Crippen LogP contribution is 2.20. The van der Waals surface area contributed by atoms with Gasteiger partial charge in [0, 0.05) is 11.5 Å². The second-order valence-corrected chi connectivity index (χ2v) is 6.62. The molecule has 1 rings (SSSR count). The van der Waals surface area contributed by atoms with E-state index in [-0.39, 0.29) is 49.1 Å². The van der Waals surface area contributed by atoms with E-state index in [0.717, 1.165) is 4.47 Å². The molecule has 0 fully saturated rings. The van der Waals surface area contributed by atoms with Gasteiger partial charge in [-0.05, 0) is 34.0 Å². The number of likely N-dealkylation sites (N-methyl/N-ethyl adjacent to an activating group) is 1. The molecule has 3 amide bonds. The molecule has 0 heterocycles. The molecule has 0 radical (unpaired) electrons. The number of rotatable bonds is 7. The van der Waals surface area contributed by atoms with Gasteiger partial charge in [0.25, 0.3) is 0 Å². The first kappa shape index (κ1) is 23.4. The van der Waals surface area contributed by atoms with Crippen molar-refractivity contribution in [2.75, 3.05) is 25.5 Å². The lowest BCUT2D eigenvalue weighted by Gasteiger charge is -2.19. The molecular formula is C16H24BrClN4O3. The minimum atomic E-state index is -0.665. The van der Waals surface area contributed by atoms with Crippen LogP contribution in [0.15, 0.2) is 28.7 Å². The summed E-state index contributed by atoms with van der Waals surface area (Å²) < 4.78 is 0.752. The topological polar surface area (TPSA) is 105 Å². The molecule has 1 aromatic carbocycles. The summed E-state index contributed by atoms with van der Waals surface area (Å²) in [6.07, 6.45) is 0. The van der Waals surface area contributed by atoms with Crippen LogP contribution in [0.3, 0.4) is 0 Å². The van der Waals surface area contributed by atoms with Crippen LogP contribution in [0.25, 0.3) is 0 Å². The van der Waals surface area contributed by atoms with Gasteiger partial charge in [0.2, 0.25) is 17.7 Å². The van der Waals surface area contributed by atoms with Crippen molar-refractivity contribution >= 4 is 51.7 Å². The van der Waals surface area contributed by atoms with Gasteiger partial charge in [-0.2, -0.15) is 0 Å². The van der Waals surface area contributed by atoms with Gasteiger partial charge in [-0.1, -0.05) is 26.0 Å². The number of carbonyl (C=O) groups is 3. The fourth-order valence-corrected chi connectivity index (χ4v) is 2.16. The fourth-order valence-electron chi connectivity index (χ4n) is 1.77. The van der Waals surface area contributed by atoms with Gasteiger partial charge in [-0.25, -0.2) is 0 Å². The van der Waals surface area contributed by atoms with E-state index < -0.39 is 6.04 Å². The molecule has 0 spiro atoms. The molecule has 0 bridgehead atoms. The summed E-state index contributed by atoms with van der Waals surface area (Å²) in [6.45, 7) is 3.33. The number of nitrogens with zero attached hydrogens (tertiary/aromatic N) is 1. The van der Waals surface area contributed by atoms with Crippen molar-refractivity contribution < 1.29 is 14.4 Å². The summed E-state index contributed by atoms with van der Waals surface area (Å²) in [7, 11) is 1.50. The molecule has 9 heteroatoms. The Labute approximate surface area is 162 Å². The number of carbonyl (C=O) groups excluding carboxylic acids is 3. The maximum Gasteiger partial charge on any atom is 0.244 e. The zero-order chi connectivity index (χ0) is 18.3. The number of nitrogens with one attached hydrogen (secondary N) is 2. The molecule has 4 N–H and O–H groups in total. The molecule has 1 aromatic rings. The van der Waals surface area contributed by atoms with Gasteiger partial charge in [0.05, 0.1) is 24.8 Å². The average Bonchev–Trinajstić information content (AvgIpc) is 2.53. The third-order valence-electron chi connectivity index (χ3n) is 3.39. The van der Waals surface area contributed by atoms with E-state index in [2.05, 4.69) is 26.6 Å². The number of amides is 3. The van der Waals surface area contributed by atoms with Crippen LogP contribution in [0.5, 0.6) is 0 Å². The van der Waals surface area contributed by atoms with Crippen LogP contribution in [0, 0.1) is 5.92 Å². The highest BCUT2D eigenvalue weighted by atomic mass is 79.9. The summed E-state index contributed by atoms with van der Waals surface area (Å²) in [5.74, 6) is -1.11. The second-order valence-electron chi connectivity index (χ2n) is 5.77. The van der Waals surface area contributed by atoms with Crippen LogP contribution in [0.2, 0.25) is 0 Å². The molecule has 0 saturated carbocycles. The molecule has 0 aliphatic rings. The van der Waals surface area contributed by atoms with Gasteiger partial charge >= 0.3 is 0 Å². The van der Waals surface area contributed by atoms with Crippen molar-refractivity contribution in [3.63, 3.8) is 0 Å². The molecule has 0 aliphatic carbocycles. The molecule has 0 unspecified atom stereocenters. The number of halogens is 2. The molecule has 25 heavy (non-hydrogen) atoms. The predicted octanol–water partition coefficient (Wildman–Crippen LogP) is 1.37. The van der Waals surface area contributed by atoms with Gasteiger partial charge < -0.3 is 21.3 Å². The lowest BCUT2D eigenvalue weighted by molar-refractivity contribution is -0.134. The van der Waals surface area contributed by atoms with Gasteiger partial charge in [0.1, 0.15) is 0 Å². The Morgan fingerprint density at radius 3 is 2.40 bits per heavy atom. The molecule has 1 atom stereocenters. The van der Waals surface area contributed by atoms with E-state index in [9.17, 15) is 14.4 Å². The van der Waals surface area contributed by atoms with E-state index in [1.807, 2.05) is 19.9 Å². The van der Waals surface area contributed by atoms with E-state index in [1.165, 1.54) is 11.9 Å². The van der Waals surface area contributed by atoms with Crippen LogP contribution in [-0.2, 0) is 14.4 Å². The van der Waals surface area contributed by atoms with Crippen LogP contribution >= 0.6 is 28.3 Å². The number of hydrogen-bond donors (Lipinski definition) is 3. The van der Waals surface area contributed by atoms with Crippen molar-refractivity contribution in [2.24, 2.45) is 11.7 Å². The quantitative estimate of drug-likeness (QED) is 0.601. The summed E-state index contributed by atoms with van der Waals surface area (Å²) in [6, 6.07) is 6.51. The molecule has 0 saturated heterocycles. The Morgan fingerprint density at radius 1 is 1.24 bits per heavy atom. The Bertz CT molecular complexity index is 613. The lowest BCUT2D eigenvalue weighted by Crippen LogP contribution is -2.48. The van der Waals surface area contributed by atoms with Crippen molar-refractivity contribution in [2.45, 2.75) is 19.9 Å². The Balaban J connectivity index is 0.00000576. The fraction of sp³-hybridized carbons (Fsp3) is 0.438. The Hall–Kier alpha value is -1.64. The smallest absolute Gasteiger partial charge is 0.244 e. The zero-order valence-electron chi connectivity index (χ0n) is 14.4. The van der Waals surface area contributed by atoms with Gasteiger partial charge in [-0.15, -0.1) is 12.4 Å². The number of hydrogen-bond acceptors (Lipinski definition) is 4. The maximum absolute atomic E-state index is 12.0. The van der Waals surface area contributed by atoms with Crippen molar-refractivity contribution in [3.8, 4) is 0 Å². The normalized spacial score (nSPS) is 11.3. The molecule has 7 nitrogen and oxygen atoms in total. The van der Waals surface area contributed by atoms with E-state index in [1.54, 1.807) is 18.2 Å². The summed E-state index contributed by atoms with van der Waals surface area (Å²) in [5.41, 5.74) is 6.32.